The minimum Gasteiger partial charge on any atom is -0.354 e. The van der Waals surface area contributed by atoms with E-state index in [-0.39, 0.29) is 12.1 Å². The van der Waals surface area contributed by atoms with Gasteiger partial charge in [0.25, 0.3) is 0 Å². The fourth-order valence-electron chi connectivity index (χ4n) is 2.02. The number of alkyl halides is 3. The number of nitrogens with one attached hydrogen (secondary N) is 3. The van der Waals surface area contributed by atoms with Crippen LogP contribution in [0.2, 0.25) is 0 Å². The molecular weight excluding hydrogens is 321 g/mol. The molecule has 0 unspecified atom stereocenters. The van der Waals surface area contributed by atoms with E-state index in [0.29, 0.717) is 17.2 Å². The zero-order valence-electron chi connectivity index (χ0n) is 12.5. The molecule has 1 aromatic carbocycles. The van der Waals surface area contributed by atoms with E-state index in [1.165, 1.54) is 18.3 Å². The molecule has 1 saturated carbocycles. The average molecular weight is 336 g/mol. The van der Waals surface area contributed by atoms with Gasteiger partial charge in [-0.25, -0.2) is 9.78 Å². The number of anilines is 3. The van der Waals surface area contributed by atoms with Gasteiger partial charge >= 0.3 is 12.2 Å². The predicted molar refractivity (Wildman–Crippen MR) is 84.1 cm³/mol. The van der Waals surface area contributed by atoms with Gasteiger partial charge in [-0.15, -0.1) is 0 Å². The van der Waals surface area contributed by atoms with Crippen molar-refractivity contribution in [2.24, 2.45) is 0 Å². The van der Waals surface area contributed by atoms with Crippen molar-refractivity contribution in [3.63, 3.8) is 0 Å². The smallest absolute Gasteiger partial charge is 0.354 e. The van der Waals surface area contributed by atoms with E-state index in [4.69, 9.17) is 0 Å². The van der Waals surface area contributed by atoms with Gasteiger partial charge in [-0.3, -0.25) is 5.32 Å². The lowest BCUT2D eigenvalue weighted by atomic mass is 10.2. The van der Waals surface area contributed by atoms with Crippen LogP contribution in [-0.2, 0) is 6.18 Å². The van der Waals surface area contributed by atoms with E-state index >= 15 is 0 Å². The number of aromatic nitrogens is 1. The van der Waals surface area contributed by atoms with Crippen LogP contribution in [0.5, 0.6) is 0 Å². The molecule has 3 N–H and O–H groups in total. The Morgan fingerprint density at radius 3 is 2.25 bits per heavy atom. The highest BCUT2D eigenvalue weighted by atomic mass is 19.4. The maximum absolute atomic E-state index is 12.5. The van der Waals surface area contributed by atoms with Crippen molar-refractivity contribution >= 4 is 23.2 Å². The quantitative estimate of drug-likeness (QED) is 0.786. The van der Waals surface area contributed by atoms with Gasteiger partial charge < -0.3 is 10.6 Å². The lowest BCUT2D eigenvalue weighted by Gasteiger charge is -2.10. The van der Waals surface area contributed by atoms with Crippen molar-refractivity contribution in [2.45, 2.75) is 25.1 Å². The van der Waals surface area contributed by atoms with Crippen LogP contribution in [0.4, 0.5) is 35.2 Å². The number of urea groups is 1. The molecule has 5 nitrogen and oxygen atoms in total. The van der Waals surface area contributed by atoms with E-state index < -0.39 is 11.7 Å². The van der Waals surface area contributed by atoms with Gasteiger partial charge in [0.1, 0.15) is 5.82 Å². The zero-order chi connectivity index (χ0) is 17.2. The first-order valence-corrected chi connectivity index (χ1v) is 7.38. The Bertz CT molecular complexity index is 710. The van der Waals surface area contributed by atoms with Crippen LogP contribution in [0.3, 0.4) is 0 Å². The topological polar surface area (TPSA) is 66.0 Å². The van der Waals surface area contributed by atoms with E-state index in [2.05, 4.69) is 20.9 Å². The lowest BCUT2D eigenvalue weighted by molar-refractivity contribution is -0.137. The Morgan fingerprint density at radius 1 is 1.04 bits per heavy atom. The monoisotopic (exact) mass is 336 g/mol. The summed E-state index contributed by atoms with van der Waals surface area (Å²) >= 11 is 0. The van der Waals surface area contributed by atoms with Gasteiger partial charge in [0.05, 0.1) is 17.4 Å². The molecular formula is C16H15F3N4O. The molecule has 1 heterocycles. The molecule has 0 saturated heterocycles. The number of benzene rings is 1. The molecule has 3 rings (SSSR count). The third-order valence-corrected chi connectivity index (χ3v) is 3.42. The summed E-state index contributed by atoms with van der Waals surface area (Å²) in [7, 11) is 0. The molecule has 8 heteroatoms. The van der Waals surface area contributed by atoms with Crippen LogP contribution in [0.1, 0.15) is 18.4 Å². The molecule has 0 atom stereocenters. The summed E-state index contributed by atoms with van der Waals surface area (Å²) in [6.07, 6.45) is -0.869. The van der Waals surface area contributed by atoms with Crippen LogP contribution in [0.25, 0.3) is 0 Å². The number of hydrogen-bond donors (Lipinski definition) is 3. The second kappa shape index (κ2) is 6.38. The number of rotatable bonds is 4. The van der Waals surface area contributed by atoms with Gasteiger partial charge in [-0.1, -0.05) is 0 Å². The average Bonchev–Trinajstić information content (AvgIpc) is 3.33. The van der Waals surface area contributed by atoms with E-state index in [1.807, 2.05) is 0 Å². The summed E-state index contributed by atoms with van der Waals surface area (Å²) in [5, 5.41) is 8.34. The van der Waals surface area contributed by atoms with Crippen LogP contribution >= 0.6 is 0 Å². The Balaban J connectivity index is 1.58. The normalized spacial score (nSPS) is 14.1. The molecule has 2 aromatic rings. The van der Waals surface area contributed by atoms with E-state index in [1.54, 1.807) is 12.1 Å². The Kier molecular flexibility index (Phi) is 4.28. The van der Waals surface area contributed by atoms with Crippen molar-refractivity contribution < 1.29 is 18.0 Å². The second-order valence-electron chi connectivity index (χ2n) is 5.50. The Hall–Kier alpha value is -2.77. The van der Waals surface area contributed by atoms with Crippen molar-refractivity contribution in [2.75, 3.05) is 10.6 Å². The number of amides is 2. The summed E-state index contributed by atoms with van der Waals surface area (Å²) in [5.74, 6) is 0.395. The molecule has 24 heavy (non-hydrogen) atoms. The standard InChI is InChI=1S/C16H15F3N4O/c17-16(18,19)10-1-3-11(4-2-10)21-13-7-8-14(20-9-13)23-15(24)22-12-5-6-12/h1-4,7-9,12,21H,5-6H2,(H2,20,22,23,24). The van der Waals surface area contributed by atoms with Crippen LogP contribution in [-0.4, -0.2) is 17.1 Å². The number of halogens is 3. The Morgan fingerprint density at radius 2 is 1.71 bits per heavy atom. The fourth-order valence-corrected chi connectivity index (χ4v) is 2.02. The summed E-state index contributed by atoms with van der Waals surface area (Å²) in [4.78, 5) is 15.7. The van der Waals surface area contributed by atoms with Gasteiger partial charge in [0.2, 0.25) is 0 Å². The maximum atomic E-state index is 12.5. The molecule has 1 aromatic heterocycles. The molecule has 0 aliphatic heterocycles. The lowest BCUT2D eigenvalue weighted by Crippen LogP contribution is -2.30. The molecule has 1 aliphatic rings. The Labute approximate surface area is 136 Å². The number of hydrogen-bond acceptors (Lipinski definition) is 3. The van der Waals surface area contributed by atoms with E-state index in [9.17, 15) is 18.0 Å². The van der Waals surface area contributed by atoms with Gasteiger partial charge in [0, 0.05) is 11.7 Å². The van der Waals surface area contributed by atoms with E-state index in [0.717, 1.165) is 25.0 Å². The first-order valence-electron chi connectivity index (χ1n) is 7.38. The molecule has 1 fully saturated rings. The molecule has 0 radical (unpaired) electrons. The van der Waals surface area contributed by atoms with Gasteiger partial charge in [0.15, 0.2) is 0 Å². The highest BCUT2D eigenvalue weighted by molar-refractivity contribution is 5.88. The number of pyridine rings is 1. The minimum atomic E-state index is -4.35. The van der Waals surface area contributed by atoms with Crippen molar-refractivity contribution in [3.05, 3.63) is 48.2 Å². The molecule has 1 aliphatic carbocycles. The SMILES string of the molecule is O=C(Nc1ccc(Nc2ccc(C(F)(F)F)cc2)cn1)NC1CC1. The molecule has 126 valence electrons. The minimum absolute atomic E-state index is 0.255. The summed E-state index contributed by atoms with van der Waals surface area (Å²) < 4.78 is 37.5. The molecule has 0 bridgehead atoms. The molecule has 0 spiro atoms. The van der Waals surface area contributed by atoms with Gasteiger partial charge in [-0.05, 0) is 49.2 Å². The number of nitrogens with zero attached hydrogens (tertiary/aromatic N) is 1. The predicted octanol–water partition coefficient (Wildman–Crippen LogP) is 4.13. The third kappa shape index (κ3) is 4.37. The van der Waals surface area contributed by atoms with Crippen molar-refractivity contribution in [1.82, 2.24) is 10.3 Å². The highest BCUT2D eigenvalue weighted by Crippen LogP contribution is 2.30. The first-order chi connectivity index (χ1) is 11.4. The van der Waals surface area contributed by atoms with Crippen molar-refractivity contribution in [3.8, 4) is 0 Å². The van der Waals surface area contributed by atoms with Crippen molar-refractivity contribution in [1.29, 1.82) is 0 Å². The van der Waals surface area contributed by atoms with Crippen LogP contribution in [0.15, 0.2) is 42.6 Å². The third-order valence-electron chi connectivity index (χ3n) is 3.42. The van der Waals surface area contributed by atoms with Gasteiger partial charge in [-0.2, -0.15) is 13.2 Å². The van der Waals surface area contributed by atoms with Crippen LogP contribution < -0.4 is 16.0 Å². The summed E-state index contributed by atoms with van der Waals surface area (Å²) in [5.41, 5.74) is 0.410. The fraction of sp³-hybridized carbons (Fsp3) is 0.250. The summed E-state index contributed by atoms with van der Waals surface area (Å²) in [6, 6.07) is 7.95. The maximum Gasteiger partial charge on any atom is 0.416 e. The summed E-state index contributed by atoms with van der Waals surface area (Å²) in [6.45, 7) is 0. The largest absolute Gasteiger partial charge is 0.416 e. The highest BCUT2D eigenvalue weighted by Gasteiger charge is 2.29. The second-order valence-corrected chi connectivity index (χ2v) is 5.50. The first kappa shape index (κ1) is 16.1. The van der Waals surface area contributed by atoms with Crippen LogP contribution in [0, 0.1) is 0 Å². The number of carbonyl (C=O) groups excluding carboxylic acids is 1. The zero-order valence-corrected chi connectivity index (χ0v) is 12.5. The molecule has 2 amide bonds. The number of carbonyl (C=O) groups is 1.